The number of nitrogens with zero attached hydrogens (tertiary/aromatic N) is 4. The van der Waals surface area contributed by atoms with Crippen molar-refractivity contribution in [2.75, 3.05) is 29.0 Å². The molecule has 1 aromatic carbocycles. The number of aromatic nitrogens is 2. The molecule has 9 nitrogen and oxygen atoms in total. The van der Waals surface area contributed by atoms with E-state index < -0.39 is 4.92 Å². The number of carbonyl (C=O) groups is 1. The minimum Gasteiger partial charge on any atom is -0.378 e. The number of benzene rings is 1. The van der Waals surface area contributed by atoms with Gasteiger partial charge in [0.2, 0.25) is 17.7 Å². The number of nitro groups is 1. The van der Waals surface area contributed by atoms with E-state index in [4.69, 9.17) is 5.73 Å². The van der Waals surface area contributed by atoms with Gasteiger partial charge in [0.25, 0.3) is 0 Å². The molecule has 1 fully saturated rings. The zero-order valence-electron chi connectivity index (χ0n) is 13.5. The Kier molecular flexibility index (Phi) is 4.73. The number of nitrogens with one attached hydrogen (secondary N) is 1. The molecule has 1 aliphatic rings. The highest BCUT2D eigenvalue weighted by molar-refractivity contribution is 5.93. The maximum Gasteiger partial charge on any atom is 0.329 e. The highest BCUT2D eigenvalue weighted by Gasteiger charge is 2.28. The highest BCUT2D eigenvalue weighted by atomic mass is 16.6. The van der Waals surface area contributed by atoms with E-state index in [1.165, 1.54) is 0 Å². The van der Waals surface area contributed by atoms with Gasteiger partial charge in [0.15, 0.2) is 0 Å². The first-order valence-corrected chi connectivity index (χ1v) is 7.92. The van der Waals surface area contributed by atoms with Crippen LogP contribution in [0.4, 0.5) is 23.1 Å². The van der Waals surface area contributed by atoms with Gasteiger partial charge < -0.3 is 16.0 Å². The number of amides is 1. The third-order valence-corrected chi connectivity index (χ3v) is 4.10. The molecule has 1 saturated heterocycles. The monoisotopic (exact) mass is 342 g/mol. The Labute approximate surface area is 144 Å². The molecule has 2 heterocycles. The number of nitrogen functional groups attached to an aromatic ring is 1. The summed E-state index contributed by atoms with van der Waals surface area (Å²) in [6.45, 7) is 1.11. The predicted molar refractivity (Wildman–Crippen MR) is 93.1 cm³/mol. The van der Waals surface area contributed by atoms with Crippen LogP contribution in [-0.2, 0) is 4.79 Å². The Hall–Kier alpha value is -3.23. The van der Waals surface area contributed by atoms with E-state index in [0.29, 0.717) is 19.0 Å². The van der Waals surface area contributed by atoms with Crippen LogP contribution in [0.25, 0.3) is 0 Å². The summed E-state index contributed by atoms with van der Waals surface area (Å²) in [5, 5.41) is 13.7. The number of carbonyl (C=O) groups excluding carboxylic acids is 1. The molecular formula is C16H18N6O3. The fourth-order valence-electron chi connectivity index (χ4n) is 2.81. The Bertz CT molecular complexity index is 783. The van der Waals surface area contributed by atoms with Crippen molar-refractivity contribution in [2.45, 2.75) is 12.8 Å². The molecule has 0 saturated carbocycles. The fraction of sp³-hybridized carbons (Fsp3) is 0.312. The standard InChI is InChI=1S/C16H18N6O3/c17-14-13(22(24)25)9-18-16(20-14)21-8-4-5-11(10-21)15(23)19-12-6-2-1-3-7-12/h1-3,6-7,9,11H,4-5,8,10H2,(H,19,23)(H2,17,18,20). The number of hydrogen-bond acceptors (Lipinski definition) is 7. The molecule has 25 heavy (non-hydrogen) atoms. The van der Waals surface area contributed by atoms with Crippen LogP contribution in [0.5, 0.6) is 0 Å². The van der Waals surface area contributed by atoms with Gasteiger partial charge in [0.05, 0.1) is 10.8 Å². The maximum atomic E-state index is 12.5. The maximum absolute atomic E-state index is 12.5. The highest BCUT2D eigenvalue weighted by Crippen LogP contribution is 2.25. The lowest BCUT2D eigenvalue weighted by Crippen LogP contribution is -2.41. The molecule has 0 aliphatic carbocycles. The third-order valence-electron chi connectivity index (χ3n) is 4.10. The molecule has 9 heteroatoms. The van der Waals surface area contributed by atoms with Gasteiger partial charge in [0.1, 0.15) is 6.20 Å². The predicted octanol–water partition coefficient (Wildman–Crippen LogP) is 1.82. The average molecular weight is 342 g/mol. The smallest absolute Gasteiger partial charge is 0.329 e. The summed E-state index contributed by atoms with van der Waals surface area (Å²) in [4.78, 5) is 32.5. The van der Waals surface area contributed by atoms with Gasteiger partial charge in [-0.05, 0) is 25.0 Å². The van der Waals surface area contributed by atoms with E-state index in [1.807, 2.05) is 35.2 Å². The zero-order valence-corrected chi connectivity index (χ0v) is 13.5. The lowest BCUT2D eigenvalue weighted by Gasteiger charge is -2.32. The third kappa shape index (κ3) is 3.82. The Morgan fingerprint density at radius 1 is 1.36 bits per heavy atom. The number of rotatable bonds is 4. The summed E-state index contributed by atoms with van der Waals surface area (Å²) < 4.78 is 0. The molecule has 1 amide bonds. The average Bonchev–Trinajstić information content (AvgIpc) is 2.62. The number of piperidine rings is 1. The molecule has 0 bridgehead atoms. The van der Waals surface area contributed by atoms with E-state index >= 15 is 0 Å². The quantitative estimate of drug-likeness (QED) is 0.640. The first-order chi connectivity index (χ1) is 12.0. The molecular weight excluding hydrogens is 324 g/mol. The molecule has 0 spiro atoms. The van der Waals surface area contributed by atoms with Gasteiger partial charge in [-0.3, -0.25) is 14.9 Å². The molecule has 3 rings (SSSR count). The molecule has 2 aromatic rings. The lowest BCUT2D eigenvalue weighted by molar-refractivity contribution is -0.384. The van der Waals surface area contributed by atoms with Crippen molar-refractivity contribution in [1.29, 1.82) is 0 Å². The number of nitrogens with two attached hydrogens (primary N) is 1. The van der Waals surface area contributed by atoms with Crippen LogP contribution in [-0.4, -0.2) is 33.9 Å². The summed E-state index contributed by atoms with van der Waals surface area (Å²) in [7, 11) is 0. The van der Waals surface area contributed by atoms with E-state index in [1.54, 1.807) is 0 Å². The number of para-hydroxylation sites is 1. The minimum absolute atomic E-state index is 0.0641. The van der Waals surface area contributed by atoms with Crippen molar-refractivity contribution in [3.63, 3.8) is 0 Å². The van der Waals surface area contributed by atoms with Gasteiger partial charge in [-0.2, -0.15) is 4.98 Å². The molecule has 3 N–H and O–H groups in total. The first-order valence-electron chi connectivity index (χ1n) is 7.92. The largest absolute Gasteiger partial charge is 0.378 e. The van der Waals surface area contributed by atoms with Crippen LogP contribution in [0.1, 0.15) is 12.8 Å². The molecule has 1 aliphatic heterocycles. The van der Waals surface area contributed by atoms with Crippen LogP contribution in [0, 0.1) is 16.0 Å². The Morgan fingerprint density at radius 2 is 2.12 bits per heavy atom. The van der Waals surface area contributed by atoms with Gasteiger partial charge >= 0.3 is 5.69 Å². The first kappa shape index (κ1) is 16.6. The molecule has 1 aromatic heterocycles. The molecule has 0 radical (unpaired) electrons. The second-order valence-electron chi connectivity index (χ2n) is 5.84. The molecule has 1 unspecified atom stereocenters. The second-order valence-corrected chi connectivity index (χ2v) is 5.84. The number of anilines is 3. The van der Waals surface area contributed by atoms with E-state index in [-0.39, 0.29) is 23.3 Å². The summed E-state index contributed by atoms with van der Waals surface area (Å²) >= 11 is 0. The SMILES string of the molecule is Nc1nc(N2CCCC(C(=O)Nc3ccccc3)C2)ncc1[N+](=O)[O-]. The van der Waals surface area contributed by atoms with Gasteiger partial charge in [-0.1, -0.05) is 18.2 Å². The van der Waals surface area contributed by atoms with E-state index in [2.05, 4.69) is 15.3 Å². The molecule has 1 atom stereocenters. The van der Waals surface area contributed by atoms with Crippen molar-refractivity contribution in [1.82, 2.24) is 9.97 Å². The normalized spacial score (nSPS) is 17.1. The Balaban J connectivity index is 1.69. The van der Waals surface area contributed by atoms with Crippen LogP contribution < -0.4 is 16.0 Å². The van der Waals surface area contributed by atoms with Crippen molar-refractivity contribution in [2.24, 2.45) is 5.92 Å². The fourth-order valence-corrected chi connectivity index (χ4v) is 2.81. The van der Waals surface area contributed by atoms with E-state index in [0.717, 1.165) is 24.7 Å². The summed E-state index contributed by atoms with van der Waals surface area (Å²) in [6.07, 6.45) is 2.66. The zero-order chi connectivity index (χ0) is 17.8. The summed E-state index contributed by atoms with van der Waals surface area (Å²) in [5.74, 6) is -0.147. The summed E-state index contributed by atoms with van der Waals surface area (Å²) in [5.41, 5.74) is 6.06. The topological polar surface area (TPSA) is 127 Å². The van der Waals surface area contributed by atoms with E-state index in [9.17, 15) is 14.9 Å². The van der Waals surface area contributed by atoms with Crippen LogP contribution >= 0.6 is 0 Å². The van der Waals surface area contributed by atoms with Crippen LogP contribution in [0.3, 0.4) is 0 Å². The Morgan fingerprint density at radius 3 is 2.80 bits per heavy atom. The number of hydrogen-bond donors (Lipinski definition) is 2. The van der Waals surface area contributed by atoms with Gasteiger partial charge in [-0.25, -0.2) is 4.98 Å². The van der Waals surface area contributed by atoms with Gasteiger partial charge in [0, 0.05) is 18.8 Å². The van der Waals surface area contributed by atoms with Crippen LogP contribution in [0.2, 0.25) is 0 Å². The van der Waals surface area contributed by atoms with Crippen LogP contribution in [0.15, 0.2) is 36.5 Å². The summed E-state index contributed by atoms with van der Waals surface area (Å²) in [6, 6.07) is 9.26. The lowest BCUT2D eigenvalue weighted by atomic mass is 9.97. The minimum atomic E-state index is -0.620. The van der Waals surface area contributed by atoms with Crippen molar-refractivity contribution >= 4 is 29.0 Å². The van der Waals surface area contributed by atoms with Crippen molar-refractivity contribution in [3.05, 3.63) is 46.6 Å². The van der Waals surface area contributed by atoms with Gasteiger partial charge in [-0.15, -0.1) is 0 Å². The van der Waals surface area contributed by atoms with Crippen molar-refractivity contribution in [3.8, 4) is 0 Å². The second kappa shape index (κ2) is 7.12. The van der Waals surface area contributed by atoms with Crippen molar-refractivity contribution < 1.29 is 9.72 Å². The molecule has 130 valence electrons.